The van der Waals surface area contributed by atoms with Crippen LogP contribution in [0.2, 0.25) is 0 Å². The van der Waals surface area contributed by atoms with Crippen LogP contribution in [0.1, 0.15) is 11.1 Å². The molecule has 1 aliphatic carbocycles. The molecule has 1 unspecified atom stereocenters. The van der Waals surface area contributed by atoms with Gasteiger partial charge in [-0.3, -0.25) is 0 Å². The van der Waals surface area contributed by atoms with E-state index in [0.717, 1.165) is 6.42 Å². The van der Waals surface area contributed by atoms with Crippen molar-refractivity contribution < 1.29 is 4.57 Å². The van der Waals surface area contributed by atoms with Crippen LogP contribution < -0.4 is 0 Å². The molecule has 0 aromatic heterocycles. The maximum atomic E-state index is 8.17. The Balaban J connectivity index is 0.000000777. The minimum atomic E-state index is 1.03. The molecule has 2 heteroatoms. The highest BCUT2D eigenvalue weighted by Gasteiger charge is 2.22. The molecule has 0 amide bonds. The third-order valence-electron chi connectivity index (χ3n) is 5.69. The molecule has 5 aromatic carbocycles. The van der Waals surface area contributed by atoms with Gasteiger partial charge in [-0.05, 0) is 61.0 Å². The van der Waals surface area contributed by atoms with Crippen LogP contribution in [0.4, 0.5) is 0 Å². The van der Waals surface area contributed by atoms with E-state index >= 15 is 0 Å². The van der Waals surface area contributed by atoms with Gasteiger partial charge in [0, 0.05) is 0 Å². The van der Waals surface area contributed by atoms with Gasteiger partial charge in [0.1, 0.15) is 0 Å². The number of benzene rings is 5. The molecule has 0 N–H and O–H groups in total. The Hall–Kier alpha value is -3.02. The zero-order valence-corrected chi connectivity index (χ0v) is 15.9. The topological polar surface area (TPSA) is 17.1 Å². The van der Waals surface area contributed by atoms with Gasteiger partial charge in [0.2, 0.25) is 0 Å². The van der Waals surface area contributed by atoms with E-state index in [1.807, 2.05) is 0 Å². The van der Waals surface area contributed by atoms with Gasteiger partial charge in [-0.1, -0.05) is 89.5 Å². The molecule has 0 fully saturated rings. The molecule has 5 aromatic rings. The maximum absolute atomic E-state index is 8.17. The molecule has 0 aliphatic heterocycles. The van der Waals surface area contributed by atoms with E-state index in [4.69, 9.17) is 4.57 Å². The fourth-order valence-electron chi connectivity index (χ4n) is 4.63. The third kappa shape index (κ3) is 2.25. The Morgan fingerprint density at radius 3 is 1.74 bits per heavy atom. The van der Waals surface area contributed by atoms with E-state index in [-0.39, 0.29) is 0 Å². The normalized spacial score (nSPS) is 11.9. The molecule has 0 radical (unpaired) electrons. The molecule has 0 spiro atoms. The first-order valence-electron chi connectivity index (χ1n) is 9.09. The molecule has 1 atom stereocenters. The van der Waals surface area contributed by atoms with E-state index in [0.29, 0.717) is 0 Å². The predicted molar refractivity (Wildman–Crippen MR) is 118 cm³/mol. The summed E-state index contributed by atoms with van der Waals surface area (Å²) in [5.74, 6) is 0. The summed E-state index contributed by atoms with van der Waals surface area (Å²) in [7, 11) is 1.17. The molecule has 0 saturated heterocycles. The van der Waals surface area contributed by atoms with Gasteiger partial charge in [0.05, 0.1) is 0 Å². The summed E-state index contributed by atoms with van der Waals surface area (Å²) in [4.78, 5) is 0. The second-order valence-corrected chi connectivity index (χ2v) is 6.94. The highest BCUT2D eigenvalue weighted by Crippen LogP contribution is 2.44. The lowest BCUT2D eigenvalue weighted by Crippen LogP contribution is -1.89. The number of fused-ring (bicyclic) bond motifs is 10. The summed E-state index contributed by atoms with van der Waals surface area (Å²) in [5, 5.41) is 8.25. The van der Waals surface area contributed by atoms with Crippen LogP contribution >= 0.6 is 9.12 Å². The van der Waals surface area contributed by atoms with E-state index in [1.165, 1.54) is 63.7 Å². The van der Waals surface area contributed by atoms with Crippen LogP contribution in [-0.4, -0.2) is 0 Å². The second-order valence-electron chi connectivity index (χ2n) is 6.94. The van der Waals surface area contributed by atoms with Crippen LogP contribution in [0.15, 0.2) is 84.9 Å². The van der Waals surface area contributed by atoms with Crippen molar-refractivity contribution in [2.24, 2.45) is 0 Å². The van der Waals surface area contributed by atoms with E-state index in [1.54, 1.807) is 0 Å². The van der Waals surface area contributed by atoms with Crippen LogP contribution in [0, 0.1) is 0 Å². The Morgan fingerprint density at radius 2 is 1.04 bits per heavy atom. The molecule has 6 rings (SSSR count). The average molecular weight is 365 g/mol. The molecule has 0 heterocycles. The van der Waals surface area contributed by atoms with Gasteiger partial charge < -0.3 is 0 Å². The fourth-order valence-corrected chi connectivity index (χ4v) is 4.63. The summed E-state index contributed by atoms with van der Waals surface area (Å²) < 4.78 is 8.17. The van der Waals surface area contributed by atoms with Crippen LogP contribution in [-0.2, 0) is 11.0 Å². The van der Waals surface area contributed by atoms with Crippen molar-refractivity contribution in [3.8, 4) is 11.1 Å². The van der Waals surface area contributed by atoms with Crippen molar-refractivity contribution in [3.05, 3.63) is 96.1 Å². The summed E-state index contributed by atoms with van der Waals surface area (Å²) in [5.41, 5.74) is 5.74. The van der Waals surface area contributed by atoms with Gasteiger partial charge in [-0.2, -0.15) is 0 Å². The highest BCUT2D eigenvalue weighted by molar-refractivity contribution is 7.00. The smallest absolute Gasteiger partial charge is 0.0801 e. The lowest BCUT2D eigenvalue weighted by molar-refractivity contribution is 0.607. The first-order chi connectivity index (χ1) is 13.4. The van der Waals surface area contributed by atoms with Crippen molar-refractivity contribution in [2.45, 2.75) is 6.42 Å². The zero-order chi connectivity index (χ0) is 18.4. The minimum absolute atomic E-state index is 1.03. The SMILES string of the molecule is O=[PH2+].c1ccc2c(c1)Cc1c-2ccc2c3ccccc3c3ccccc3c12. The van der Waals surface area contributed by atoms with Crippen LogP contribution in [0.3, 0.4) is 0 Å². The van der Waals surface area contributed by atoms with Crippen molar-refractivity contribution in [2.75, 3.05) is 0 Å². The monoisotopic (exact) mass is 365 g/mol. The van der Waals surface area contributed by atoms with Gasteiger partial charge >= 0.3 is 9.12 Å². The van der Waals surface area contributed by atoms with Crippen LogP contribution in [0.25, 0.3) is 43.4 Å². The maximum Gasteiger partial charge on any atom is 0.310 e. The van der Waals surface area contributed by atoms with E-state index < -0.39 is 0 Å². The molecule has 128 valence electrons. The number of hydrogen-bond donors (Lipinski definition) is 0. The average Bonchev–Trinajstić information content (AvgIpc) is 3.14. The third-order valence-corrected chi connectivity index (χ3v) is 5.69. The van der Waals surface area contributed by atoms with Gasteiger partial charge in [-0.15, -0.1) is 0 Å². The van der Waals surface area contributed by atoms with Gasteiger partial charge in [0.25, 0.3) is 0 Å². The molecule has 0 bridgehead atoms. The molecular weight excluding hydrogens is 347 g/mol. The summed E-state index contributed by atoms with van der Waals surface area (Å²) in [6.45, 7) is 0. The largest absolute Gasteiger partial charge is 0.310 e. The Labute approximate surface area is 159 Å². The second kappa shape index (κ2) is 6.30. The highest BCUT2D eigenvalue weighted by atomic mass is 31.0. The lowest BCUT2D eigenvalue weighted by atomic mass is 9.90. The minimum Gasteiger partial charge on any atom is -0.0801 e. The summed E-state index contributed by atoms with van der Waals surface area (Å²) in [6, 6.07) is 31.1. The first-order valence-corrected chi connectivity index (χ1v) is 9.56. The first kappa shape index (κ1) is 16.2. The fraction of sp³-hybridized carbons (Fsp3) is 0.0400. The summed E-state index contributed by atoms with van der Waals surface area (Å²) in [6.07, 6.45) is 1.03. The van der Waals surface area contributed by atoms with Crippen molar-refractivity contribution in [3.63, 3.8) is 0 Å². The van der Waals surface area contributed by atoms with E-state index in [2.05, 4.69) is 84.9 Å². The van der Waals surface area contributed by atoms with Crippen LogP contribution in [0.5, 0.6) is 0 Å². The summed E-state index contributed by atoms with van der Waals surface area (Å²) >= 11 is 0. The number of rotatable bonds is 0. The number of hydrogen-bond acceptors (Lipinski definition) is 1. The molecule has 27 heavy (non-hydrogen) atoms. The molecule has 1 aliphatic rings. The quantitative estimate of drug-likeness (QED) is 0.211. The van der Waals surface area contributed by atoms with Gasteiger partial charge in [0.15, 0.2) is 0 Å². The Morgan fingerprint density at radius 1 is 0.519 bits per heavy atom. The lowest BCUT2D eigenvalue weighted by Gasteiger charge is -2.13. The predicted octanol–water partition coefficient (Wildman–Crippen LogP) is 6.92. The molecular formula is C25H18OP+. The van der Waals surface area contributed by atoms with Gasteiger partial charge in [-0.25, -0.2) is 0 Å². The van der Waals surface area contributed by atoms with Crippen molar-refractivity contribution in [1.29, 1.82) is 0 Å². The molecule has 0 saturated carbocycles. The Kier molecular flexibility index (Phi) is 3.77. The molecule has 1 nitrogen and oxygen atoms in total. The van der Waals surface area contributed by atoms with E-state index in [9.17, 15) is 0 Å². The zero-order valence-electron chi connectivity index (χ0n) is 14.8. The Bertz CT molecular complexity index is 1300. The van der Waals surface area contributed by atoms with Crippen molar-refractivity contribution >= 4 is 41.4 Å². The van der Waals surface area contributed by atoms with Crippen molar-refractivity contribution in [1.82, 2.24) is 0 Å². The standard InChI is InChI=1S/C25H16.H2OP/c1-2-8-17-16(7-1)15-24-21(17)13-14-23-20-11-4-3-9-18(20)19-10-5-6-12-22(19)25(23)24;1-2/h1-14H,15H2;2H2/q;+1.